The molecule has 0 aliphatic rings. The molecule has 2 rings (SSSR count). The molecule has 0 aliphatic heterocycles. The van der Waals surface area contributed by atoms with Gasteiger partial charge < -0.3 is 0 Å². The molecule has 0 saturated heterocycles. The summed E-state index contributed by atoms with van der Waals surface area (Å²) in [5.74, 6) is 0. The molecule has 0 amide bonds. The Kier molecular flexibility index (Phi) is 5.21. The summed E-state index contributed by atoms with van der Waals surface area (Å²) in [4.78, 5) is 0.0947. The van der Waals surface area contributed by atoms with Crippen LogP contribution < -0.4 is 5.19 Å². The summed E-state index contributed by atoms with van der Waals surface area (Å²) in [6, 6.07) is 13.4. The zero-order valence-corrected chi connectivity index (χ0v) is 15.2. The van der Waals surface area contributed by atoms with Crippen molar-refractivity contribution in [3.63, 3.8) is 0 Å². The lowest BCUT2D eigenvalue weighted by molar-refractivity contribution is 0.483. The van der Waals surface area contributed by atoms with Crippen LogP contribution in [0.25, 0.3) is 0 Å². The molecule has 22 heavy (non-hydrogen) atoms. The zero-order chi connectivity index (χ0) is 16.3. The molecule has 0 saturated carbocycles. The van der Waals surface area contributed by atoms with E-state index >= 15 is 0 Å². The predicted octanol–water partition coefficient (Wildman–Crippen LogP) is 2.78. The average molecular weight is 335 g/mol. The van der Waals surface area contributed by atoms with Crippen LogP contribution >= 0.6 is 0 Å². The number of aryl methyl sites for hydroxylation is 1. The van der Waals surface area contributed by atoms with Crippen molar-refractivity contribution in [2.45, 2.75) is 37.8 Å². The Bertz CT molecular complexity index is 753. The molecule has 2 aromatic rings. The predicted molar refractivity (Wildman–Crippen MR) is 93.4 cm³/mol. The molecule has 5 heteroatoms. The highest BCUT2D eigenvalue weighted by atomic mass is 32.2. The van der Waals surface area contributed by atoms with Crippen molar-refractivity contribution in [2.24, 2.45) is 0 Å². The third-order valence-electron chi connectivity index (χ3n) is 3.87. The molecule has 0 radical (unpaired) electrons. The maximum absolute atomic E-state index is 11.7. The van der Waals surface area contributed by atoms with E-state index in [0.717, 1.165) is 28.3 Å². The lowest BCUT2D eigenvalue weighted by Gasteiger charge is -2.19. The van der Waals surface area contributed by atoms with Crippen LogP contribution in [0.1, 0.15) is 23.6 Å². The van der Waals surface area contributed by atoms with Gasteiger partial charge in [-0.15, -0.1) is 0 Å². The molecule has 3 nitrogen and oxygen atoms in total. The Balaban J connectivity index is 2.68. The van der Waals surface area contributed by atoms with Gasteiger partial charge in [-0.1, -0.05) is 56.4 Å². The standard InChI is InChI=1S/C17H22O3SSi/c1-4-14-10-11-16(21(18,19)20)17(22(2)3)15(14)12-13-8-6-5-7-9-13/h5-11,22H,4,12H2,1-3H3,(H,18,19,20). The van der Waals surface area contributed by atoms with E-state index in [2.05, 4.69) is 20.0 Å². The third kappa shape index (κ3) is 3.66. The second kappa shape index (κ2) is 6.77. The maximum Gasteiger partial charge on any atom is 0.294 e. The number of hydrogen-bond acceptors (Lipinski definition) is 2. The molecule has 118 valence electrons. The summed E-state index contributed by atoms with van der Waals surface area (Å²) < 4.78 is 33.0. The monoisotopic (exact) mass is 334 g/mol. The highest BCUT2D eigenvalue weighted by Gasteiger charge is 2.23. The molecule has 0 unspecified atom stereocenters. The zero-order valence-electron chi connectivity index (χ0n) is 13.2. The first kappa shape index (κ1) is 16.9. The van der Waals surface area contributed by atoms with Crippen molar-refractivity contribution in [3.8, 4) is 0 Å². The fourth-order valence-corrected chi connectivity index (χ4v) is 6.33. The van der Waals surface area contributed by atoms with Gasteiger partial charge in [0.25, 0.3) is 10.1 Å². The van der Waals surface area contributed by atoms with E-state index in [4.69, 9.17) is 0 Å². The lowest BCUT2D eigenvalue weighted by atomic mass is 9.98. The van der Waals surface area contributed by atoms with Gasteiger partial charge in [0.1, 0.15) is 0 Å². The van der Waals surface area contributed by atoms with Crippen LogP contribution in [0, 0.1) is 0 Å². The van der Waals surface area contributed by atoms with Gasteiger partial charge in [0.05, 0.1) is 13.7 Å². The number of benzene rings is 2. The summed E-state index contributed by atoms with van der Waals surface area (Å²) in [5.41, 5.74) is 3.39. The van der Waals surface area contributed by atoms with E-state index in [9.17, 15) is 13.0 Å². The van der Waals surface area contributed by atoms with Crippen LogP contribution in [0.4, 0.5) is 0 Å². The molecule has 0 spiro atoms. The van der Waals surface area contributed by atoms with Gasteiger partial charge in [-0.05, 0) is 40.8 Å². The first-order chi connectivity index (χ1) is 10.3. The topological polar surface area (TPSA) is 54.4 Å². The van der Waals surface area contributed by atoms with Gasteiger partial charge in [-0.2, -0.15) is 8.42 Å². The minimum Gasteiger partial charge on any atom is -0.282 e. The molecule has 2 aromatic carbocycles. The van der Waals surface area contributed by atoms with Crippen LogP contribution in [-0.2, 0) is 23.0 Å². The van der Waals surface area contributed by atoms with Crippen molar-refractivity contribution in [1.29, 1.82) is 0 Å². The largest absolute Gasteiger partial charge is 0.294 e. The Morgan fingerprint density at radius 1 is 1.05 bits per heavy atom. The van der Waals surface area contributed by atoms with E-state index in [1.54, 1.807) is 6.07 Å². The highest BCUT2D eigenvalue weighted by molar-refractivity contribution is 7.86. The van der Waals surface area contributed by atoms with E-state index in [0.29, 0.717) is 6.42 Å². The summed E-state index contributed by atoms with van der Waals surface area (Å²) >= 11 is 0. The summed E-state index contributed by atoms with van der Waals surface area (Å²) in [6.45, 7) is 6.26. The molecule has 0 aromatic heterocycles. The molecule has 1 N–H and O–H groups in total. The van der Waals surface area contributed by atoms with Crippen molar-refractivity contribution >= 4 is 24.1 Å². The Hall–Kier alpha value is -1.43. The van der Waals surface area contributed by atoms with E-state index in [1.807, 2.05) is 36.4 Å². The molecular weight excluding hydrogens is 312 g/mol. The van der Waals surface area contributed by atoms with Crippen molar-refractivity contribution in [1.82, 2.24) is 0 Å². The maximum atomic E-state index is 11.7. The fraction of sp³-hybridized carbons (Fsp3) is 0.294. The SMILES string of the molecule is CCc1ccc(S(=O)(=O)O)c([SiH](C)C)c1Cc1ccccc1. The smallest absolute Gasteiger partial charge is 0.282 e. The second-order valence-electron chi connectivity index (χ2n) is 5.76. The van der Waals surface area contributed by atoms with Gasteiger partial charge in [-0.3, -0.25) is 4.55 Å². The van der Waals surface area contributed by atoms with Gasteiger partial charge >= 0.3 is 0 Å². The van der Waals surface area contributed by atoms with Crippen molar-refractivity contribution in [2.75, 3.05) is 0 Å². The molecule has 0 fully saturated rings. The first-order valence-corrected chi connectivity index (χ1v) is 11.8. The van der Waals surface area contributed by atoms with Crippen LogP contribution in [-0.4, -0.2) is 21.8 Å². The van der Waals surface area contributed by atoms with Crippen LogP contribution in [0.2, 0.25) is 13.1 Å². The number of rotatable bonds is 5. The Labute approximate surface area is 134 Å². The van der Waals surface area contributed by atoms with Crippen molar-refractivity contribution < 1.29 is 13.0 Å². The first-order valence-electron chi connectivity index (χ1n) is 7.50. The second-order valence-corrected chi connectivity index (χ2v) is 10.0. The van der Waals surface area contributed by atoms with Crippen molar-refractivity contribution in [3.05, 3.63) is 59.2 Å². The molecule has 0 bridgehead atoms. The normalized spacial score (nSPS) is 11.9. The Morgan fingerprint density at radius 3 is 2.18 bits per heavy atom. The van der Waals surface area contributed by atoms with Gasteiger partial charge in [0.2, 0.25) is 0 Å². The Morgan fingerprint density at radius 2 is 1.68 bits per heavy atom. The minimum absolute atomic E-state index is 0.0947. The fourth-order valence-electron chi connectivity index (χ4n) is 2.89. The molecule has 0 atom stereocenters. The van der Waals surface area contributed by atoms with Gasteiger partial charge in [-0.25, -0.2) is 0 Å². The van der Waals surface area contributed by atoms with Gasteiger partial charge in [0, 0.05) is 0 Å². The summed E-state index contributed by atoms with van der Waals surface area (Å²) in [5, 5.41) is 0.866. The lowest BCUT2D eigenvalue weighted by Crippen LogP contribution is -2.33. The van der Waals surface area contributed by atoms with E-state index in [1.165, 1.54) is 0 Å². The van der Waals surface area contributed by atoms with E-state index in [-0.39, 0.29) is 4.90 Å². The molecular formula is C17H22O3SSi. The van der Waals surface area contributed by atoms with Gasteiger partial charge in [0.15, 0.2) is 0 Å². The molecule has 0 heterocycles. The quantitative estimate of drug-likeness (QED) is 0.676. The van der Waals surface area contributed by atoms with Crippen LogP contribution in [0.3, 0.4) is 0 Å². The summed E-state index contributed by atoms with van der Waals surface area (Å²) in [7, 11) is -5.61. The average Bonchev–Trinajstić information content (AvgIpc) is 2.46. The highest BCUT2D eigenvalue weighted by Crippen LogP contribution is 2.19. The van der Waals surface area contributed by atoms with E-state index < -0.39 is 18.9 Å². The third-order valence-corrected chi connectivity index (χ3v) is 6.81. The molecule has 0 aliphatic carbocycles. The van der Waals surface area contributed by atoms with Crippen LogP contribution in [0.15, 0.2) is 47.4 Å². The number of hydrogen-bond donors (Lipinski definition) is 1. The minimum atomic E-state index is -4.18. The summed E-state index contributed by atoms with van der Waals surface area (Å²) in [6.07, 6.45) is 1.55. The van der Waals surface area contributed by atoms with Crippen LogP contribution in [0.5, 0.6) is 0 Å².